The van der Waals surface area contributed by atoms with Crippen LogP contribution < -0.4 is 4.90 Å². The van der Waals surface area contributed by atoms with E-state index in [2.05, 4.69) is 43.3 Å². The number of rotatable bonds is 2. The lowest BCUT2D eigenvalue weighted by atomic mass is 9.81. The molecule has 1 spiro atoms. The Morgan fingerprint density at radius 2 is 1.91 bits per heavy atom. The van der Waals surface area contributed by atoms with Crippen LogP contribution in [0.4, 0.5) is 5.69 Å². The number of para-hydroxylation sites is 1. The van der Waals surface area contributed by atoms with Gasteiger partial charge in [0.05, 0.1) is 13.2 Å². The number of fused-ring (bicyclic) bond motifs is 2. The number of hydrogen-bond donors (Lipinski definition) is 0. The Labute approximate surface area is 130 Å². The molecule has 1 fully saturated rings. The van der Waals surface area contributed by atoms with Crippen molar-refractivity contribution in [3.63, 3.8) is 0 Å². The van der Waals surface area contributed by atoms with Gasteiger partial charge in [-0.3, -0.25) is 4.79 Å². The molecule has 2 aliphatic heterocycles. The SMILES string of the molecule is Cc1ccc(CN2C(=O)C3(CCOC3)c3ccccc32)cc1. The summed E-state index contributed by atoms with van der Waals surface area (Å²) in [4.78, 5) is 15.0. The Morgan fingerprint density at radius 3 is 2.64 bits per heavy atom. The highest BCUT2D eigenvalue weighted by molar-refractivity contribution is 6.08. The van der Waals surface area contributed by atoms with Crippen molar-refractivity contribution in [2.45, 2.75) is 25.3 Å². The van der Waals surface area contributed by atoms with E-state index in [-0.39, 0.29) is 5.91 Å². The van der Waals surface area contributed by atoms with Crippen molar-refractivity contribution in [1.82, 2.24) is 0 Å². The van der Waals surface area contributed by atoms with E-state index in [0.717, 1.165) is 23.2 Å². The molecule has 0 saturated carbocycles. The molecule has 1 unspecified atom stereocenters. The standard InChI is InChI=1S/C19H19NO2/c1-14-6-8-15(9-7-14)12-20-17-5-3-2-4-16(17)19(18(20)21)10-11-22-13-19/h2-9H,10-13H2,1H3. The third kappa shape index (κ3) is 1.89. The first-order chi connectivity index (χ1) is 10.7. The van der Waals surface area contributed by atoms with Gasteiger partial charge < -0.3 is 9.64 Å². The van der Waals surface area contributed by atoms with Crippen molar-refractivity contribution >= 4 is 11.6 Å². The first-order valence-electron chi connectivity index (χ1n) is 7.75. The van der Waals surface area contributed by atoms with Crippen molar-refractivity contribution in [2.24, 2.45) is 0 Å². The number of amides is 1. The lowest BCUT2D eigenvalue weighted by Gasteiger charge is -2.22. The fourth-order valence-electron chi connectivity index (χ4n) is 3.58. The zero-order chi connectivity index (χ0) is 15.2. The van der Waals surface area contributed by atoms with Gasteiger partial charge in [-0.05, 0) is 30.5 Å². The largest absolute Gasteiger partial charge is 0.380 e. The quantitative estimate of drug-likeness (QED) is 0.851. The molecule has 0 aliphatic carbocycles. The minimum atomic E-state index is -0.457. The number of nitrogens with zero attached hydrogens (tertiary/aromatic N) is 1. The lowest BCUT2D eigenvalue weighted by Crippen LogP contribution is -2.40. The molecule has 0 radical (unpaired) electrons. The summed E-state index contributed by atoms with van der Waals surface area (Å²) >= 11 is 0. The van der Waals surface area contributed by atoms with Crippen molar-refractivity contribution in [2.75, 3.05) is 18.1 Å². The summed E-state index contributed by atoms with van der Waals surface area (Å²) in [7, 11) is 0. The van der Waals surface area contributed by atoms with E-state index in [0.29, 0.717) is 19.8 Å². The van der Waals surface area contributed by atoms with Crippen molar-refractivity contribution in [3.05, 3.63) is 65.2 Å². The molecule has 22 heavy (non-hydrogen) atoms. The third-order valence-corrected chi connectivity index (χ3v) is 4.85. The second-order valence-electron chi connectivity index (χ2n) is 6.28. The second kappa shape index (κ2) is 4.96. The van der Waals surface area contributed by atoms with Gasteiger partial charge in [-0.1, -0.05) is 48.0 Å². The molecule has 1 saturated heterocycles. The number of hydrogen-bond acceptors (Lipinski definition) is 2. The van der Waals surface area contributed by atoms with Gasteiger partial charge in [0, 0.05) is 12.3 Å². The molecular weight excluding hydrogens is 274 g/mol. The molecular formula is C19H19NO2. The molecule has 0 N–H and O–H groups in total. The smallest absolute Gasteiger partial charge is 0.240 e. The predicted octanol–water partition coefficient (Wildman–Crippen LogP) is 3.20. The fraction of sp³-hybridized carbons (Fsp3) is 0.316. The Bertz CT molecular complexity index is 714. The molecule has 2 heterocycles. The molecule has 2 aromatic carbocycles. The van der Waals surface area contributed by atoms with E-state index >= 15 is 0 Å². The van der Waals surface area contributed by atoms with E-state index in [9.17, 15) is 4.79 Å². The maximum atomic E-state index is 13.1. The monoisotopic (exact) mass is 293 g/mol. The van der Waals surface area contributed by atoms with Crippen LogP contribution in [-0.2, 0) is 21.5 Å². The maximum Gasteiger partial charge on any atom is 0.240 e. The average molecular weight is 293 g/mol. The topological polar surface area (TPSA) is 29.5 Å². The maximum absolute atomic E-state index is 13.1. The van der Waals surface area contributed by atoms with Crippen LogP contribution in [0.3, 0.4) is 0 Å². The van der Waals surface area contributed by atoms with Gasteiger partial charge in [-0.25, -0.2) is 0 Å². The first kappa shape index (κ1) is 13.5. The second-order valence-corrected chi connectivity index (χ2v) is 6.28. The molecule has 1 atom stereocenters. The zero-order valence-electron chi connectivity index (χ0n) is 12.7. The van der Waals surface area contributed by atoms with Gasteiger partial charge in [-0.15, -0.1) is 0 Å². The molecule has 0 aromatic heterocycles. The molecule has 1 amide bonds. The van der Waals surface area contributed by atoms with Crippen LogP contribution in [0.1, 0.15) is 23.1 Å². The van der Waals surface area contributed by atoms with Gasteiger partial charge in [0.1, 0.15) is 5.41 Å². The van der Waals surface area contributed by atoms with Crippen molar-refractivity contribution in [3.8, 4) is 0 Å². The van der Waals surface area contributed by atoms with Crippen LogP contribution in [0.25, 0.3) is 0 Å². The highest BCUT2D eigenvalue weighted by Gasteiger charge is 2.52. The minimum Gasteiger partial charge on any atom is -0.380 e. The van der Waals surface area contributed by atoms with Crippen LogP contribution in [0.2, 0.25) is 0 Å². The summed E-state index contributed by atoms with van der Waals surface area (Å²) in [6, 6.07) is 16.5. The predicted molar refractivity (Wildman–Crippen MR) is 85.9 cm³/mol. The fourth-order valence-corrected chi connectivity index (χ4v) is 3.58. The molecule has 0 bridgehead atoms. The van der Waals surface area contributed by atoms with Gasteiger partial charge in [0.15, 0.2) is 0 Å². The van der Waals surface area contributed by atoms with Crippen LogP contribution in [-0.4, -0.2) is 19.1 Å². The van der Waals surface area contributed by atoms with Crippen LogP contribution in [0.15, 0.2) is 48.5 Å². The van der Waals surface area contributed by atoms with Gasteiger partial charge >= 0.3 is 0 Å². The number of anilines is 1. The number of benzene rings is 2. The van der Waals surface area contributed by atoms with Gasteiger partial charge in [-0.2, -0.15) is 0 Å². The molecule has 2 aromatic rings. The summed E-state index contributed by atoms with van der Waals surface area (Å²) < 4.78 is 5.58. The highest BCUT2D eigenvalue weighted by Crippen LogP contribution is 2.46. The number of carbonyl (C=O) groups excluding carboxylic acids is 1. The molecule has 112 valence electrons. The summed E-state index contributed by atoms with van der Waals surface area (Å²) in [6.07, 6.45) is 0.785. The molecule has 3 heteroatoms. The van der Waals surface area contributed by atoms with E-state index in [1.54, 1.807) is 0 Å². The van der Waals surface area contributed by atoms with E-state index in [1.807, 2.05) is 17.0 Å². The van der Waals surface area contributed by atoms with Crippen molar-refractivity contribution in [1.29, 1.82) is 0 Å². The van der Waals surface area contributed by atoms with E-state index < -0.39 is 5.41 Å². The first-order valence-corrected chi connectivity index (χ1v) is 7.75. The Kier molecular flexibility index (Phi) is 3.05. The number of aryl methyl sites for hydroxylation is 1. The Hall–Kier alpha value is -2.13. The van der Waals surface area contributed by atoms with E-state index in [4.69, 9.17) is 4.74 Å². The van der Waals surface area contributed by atoms with Crippen LogP contribution in [0.5, 0.6) is 0 Å². The average Bonchev–Trinajstić information content (AvgIpc) is 3.11. The summed E-state index contributed by atoms with van der Waals surface area (Å²) in [5.74, 6) is 0.187. The van der Waals surface area contributed by atoms with Crippen LogP contribution in [0, 0.1) is 6.92 Å². The summed E-state index contributed by atoms with van der Waals surface area (Å²) in [6.45, 7) is 3.87. The summed E-state index contributed by atoms with van der Waals surface area (Å²) in [5, 5.41) is 0. The lowest BCUT2D eigenvalue weighted by molar-refractivity contribution is -0.123. The molecule has 2 aliphatic rings. The molecule has 3 nitrogen and oxygen atoms in total. The van der Waals surface area contributed by atoms with Gasteiger partial charge in [0.2, 0.25) is 5.91 Å². The normalized spacial score (nSPS) is 23.3. The van der Waals surface area contributed by atoms with Gasteiger partial charge in [0.25, 0.3) is 0 Å². The van der Waals surface area contributed by atoms with Crippen LogP contribution >= 0.6 is 0 Å². The number of ether oxygens (including phenoxy) is 1. The number of carbonyl (C=O) groups is 1. The Balaban J connectivity index is 1.74. The summed E-state index contributed by atoms with van der Waals surface area (Å²) in [5.41, 5.74) is 4.10. The minimum absolute atomic E-state index is 0.187. The Morgan fingerprint density at radius 1 is 1.14 bits per heavy atom. The molecule has 4 rings (SSSR count). The van der Waals surface area contributed by atoms with Crippen molar-refractivity contribution < 1.29 is 9.53 Å². The van der Waals surface area contributed by atoms with E-state index in [1.165, 1.54) is 5.56 Å². The zero-order valence-corrected chi connectivity index (χ0v) is 12.7. The third-order valence-electron chi connectivity index (χ3n) is 4.85. The highest BCUT2D eigenvalue weighted by atomic mass is 16.5.